The van der Waals surface area contributed by atoms with Gasteiger partial charge >= 0.3 is 0 Å². The predicted molar refractivity (Wildman–Crippen MR) is 62.4 cm³/mol. The zero-order valence-corrected chi connectivity index (χ0v) is 10.1. The van der Waals surface area contributed by atoms with Gasteiger partial charge in [0, 0.05) is 12.5 Å². The molecule has 0 spiro atoms. The Bertz CT molecular complexity index is 366. The van der Waals surface area contributed by atoms with Crippen molar-refractivity contribution in [3.63, 3.8) is 0 Å². The van der Waals surface area contributed by atoms with Gasteiger partial charge in [-0.2, -0.15) is 0 Å². The first kappa shape index (κ1) is 11.3. The van der Waals surface area contributed by atoms with Gasteiger partial charge in [-0.25, -0.2) is 0 Å². The molecule has 0 aliphatic heterocycles. The van der Waals surface area contributed by atoms with E-state index in [0.29, 0.717) is 11.3 Å². The fourth-order valence-electron chi connectivity index (χ4n) is 0.959. The summed E-state index contributed by atoms with van der Waals surface area (Å²) in [5.74, 6) is 2.44. The minimum Gasteiger partial charge on any atom is -0.348 e. The van der Waals surface area contributed by atoms with E-state index in [1.165, 1.54) is 11.3 Å². The minimum atomic E-state index is -0.0662. The first-order chi connectivity index (χ1) is 6.63. The second-order valence-corrected chi connectivity index (χ2v) is 5.35. The lowest BCUT2D eigenvalue weighted by molar-refractivity contribution is 0.0945. The molecule has 1 aromatic rings. The third kappa shape index (κ3) is 3.17. The summed E-state index contributed by atoms with van der Waals surface area (Å²) in [7, 11) is 0. The van der Waals surface area contributed by atoms with Crippen LogP contribution in [-0.2, 0) is 0 Å². The van der Waals surface area contributed by atoms with Crippen LogP contribution in [0.5, 0.6) is 0 Å². The summed E-state index contributed by atoms with van der Waals surface area (Å²) in [5.41, 5.74) is 0. The van der Waals surface area contributed by atoms with E-state index in [1.807, 2.05) is 13.0 Å². The summed E-state index contributed by atoms with van der Waals surface area (Å²) >= 11 is 4.71. The highest BCUT2D eigenvalue weighted by molar-refractivity contribution is 9.11. The Morgan fingerprint density at radius 1 is 1.79 bits per heavy atom. The van der Waals surface area contributed by atoms with E-state index in [0.717, 1.165) is 3.79 Å². The molecular formula is C10H10BrNOS. The molecule has 0 bridgehead atoms. The lowest BCUT2D eigenvalue weighted by Crippen LogP contribution is -2.31. The highest BCUT2D eigenvalue weighted by atomic mass is 79.9. The van der Waals surface area contributed by atoms with Crippen LogP contribution >= 0.6 is 27.3 Å². The Labute approximate surface area is 95.8 Å². The average Bonchev–Trinajstić information content (AvgIpc) is 2.52. The summed E-state index contributed by atoms with van der Waals surface area (Å²) < 4.78 is 0.951. The largest absolute Gasteiger partial charge is 0.348 e. The number of terminal acetylenes is 1. The maximum Gasteiger partial charge on any atom is 0.261 e. The molecule has 74 valence electrons. The fraction of sp³-hybridized carbons (Fsp3) is 0.300. The van der Waals surface area contributed by atoms with Crippen LogP contribution in [-0.4, -0.2) is 11.9 Å². The highest BCUT2D eigenvalue weighted by Crippen LogP contribution is 2.21. The molecule has 1 aromatic heterocycles. The Balaban J connectivity index is 2.55. The van der Waals surface area contributed by atoms with Gasteiger partial charge in [-0.1, -0.05) is 0 Å². The molecule has 1 atom stereocenters. The van der Waals surface area contributed by atoms with Gasteiger partial charge < -0.3 is 5.32 Å². The second-order valence-electron chi connectivity index (χ2n) is 2.89. The molecule has 1 heterocycles. The number of rotatable bonds is 3. The number of hydrogen-bond acceptors (Lipinski definition) is 2. The van der Waals surface area contributed by atoms with Gasteiger partial charge in [0.2, 0.25) is 0 Å². The van der Waals surface area contributed by atoms with Gasteiger partial charge in [0.25, 0.3) is 5.91 Å². The number of hydrogen-bond donors (Lipinski definition) is 1. The molecule has 1 amide bonds. The van der Waals surface area contributed by atoms with E-state index < -0.39 is 0 Å². The maximum atomic E-state index is 11.6. The molecule has 0 radical (unpaired) electrons. The van der Waals surface area contributed by atoms with Crippen molar-refractivity contribution in [3.05, 3.63) is 20.8 Å². The van der Waals surface area contributed by atoms with Gasteiger partial charge in [0.1, 0.15) is 0 Å². The number of thiophene rings is 1. The van der Waals surface area contributed by atoms with Crippen LogP contribution in [0.2, 0.25) is 0 Å². The lowest BCUT2D eigenvalue weighted by Gasteiger charge is -2.08. The molecule has 1 rings (SSSR count). The maximum absolute atomic E-state index is 11.6. The summed E-state index contributed by atoms with van der Waals surface area (Å²) in [6.45, 7) is 1.89. The Morgan fingerprint density at radius 2 is 2.50 bits per heavy atom. The van der Waals surface area contributed by atoms with Crippen molar-refractivity contribution >= 4 is 33.2 Å². The van der Waals surface area contributed by atoms with E-state index in [1.54, 1.807) is 6.07 Å². The molecule has 0 aromatic carbocycles. The topological polar surface area (TPSA) is 29.1 Å². The molecule has 2 nitrogen and oxygen atoms in total. The van der Waals surface area contributed by atoms with Crippen LogP contribution in [0.25, 0.3) is 0 Å². The van der Waals surface area contributed by atoms with Crippen molar-refractivity contribution in [3.8, 4) is 12.3 Å². The quantitative estimate of drug-likeness (QED) is 0.842. The summed E-state index contributed by atoms with van der Waals surface area (Å²) in [6.07, 6.45) is 5.70. The third-order valence-corrected chi connectivity index (χ3v) is 3.22. The second kappa shape index (κ2) is 5.18. The van der Waals surface area contributed by atoms with E-state index in [2.05, 4.69) is 27.2 Å². The first-order valence-corrected chi connectivity index (χ1v) is 5.74. The zero-order chi connectivity index (χ0) is 10.6. The predicted octanol–water partition coefficient (Wildman–Crippen LogP) is 2.65. The number of nitrogens with one attached hydrogen (secondary N) is 1. The molecule has 0 aliphatic rings. The van der Waals surface area contributed by atoms with Crippen LogP contribution in [0.3, 0.4) is 0 Å². The van der Waals surface area contributed by atoms with Crippen LogP contribution in [0.15, 0.2) is 15.9 Å². The van der Waals surface area contributed by atoms with Crippen LogP contribution < -0.4 is 5.32 Å². The fourth-order valence-corrected chi connectivity index (χ4v) is 2.25. The summed E-state index contributed by atoms with van der Waals surface area (Å²) in [6, 6.07) is 3.66. The van der Waals surface area contributed by atoms with E-state index in [4.69, 9.17) is 6.42 Å². The van der Waals surface area contributed by atoms with Crippen molar-refractivity contribution in [2.75, 3.05) is 0 Å². The van der Waals surface area contributed by atoms with Gasteiger partial charge in [-0.05, 0) is 35.0 Å². The van der Waals surface area contributed by atoms with Crippen LogP contribution in [0, 0.1) is 12.3 Å². The van der Waals surface area contributed by atoms with Crippen molar-refractivity contribution < 1.29 is 4.79 Å². The van der Waals surface area contributed by atoms with Gasteiger partial charge in [0.15, 0.2) is 0 Å². The third-order valence-electron chi connectivity index (χ3n) is 1.60. The molecule has 14 heavy (non-hydrogen) atoms. The number of amides is 1. The normalized spacial score (nSPS) is 11.8. The molecule has 0 fully saturated rings. The monoisotopic (exact) mass is 271 g/mol. The molecule has 1 unspecified atom stereocenters. The minimum absolute atomic E-state index is 0.0216. The zero-order valence-electron chi connectivity index (χ0n) is 7.71. The molecule has 0 saturated carbocycles. The van der Waals surface area contributed by atoms with Crippen molar-refractivity contribution in [1.82, 2.24) is 5.32 Å². The summed E-state index contributed by atoms with van der Waals surface area (Å²) in [4.78, 5) is 12.2. The number of carbonyl (C=O) groups is 1. The molecule has 4 heteroatoms. The average molecular weight is 272 g/mol. The van der Waals surface area contributed by atoms with E-state index in [-0.39, 0.29) is 11.9 Å². The Kier molecular flexibility index (Phi) is 4.18. The van der Waals surface area contributed by atoms with Gasteiger partial charge in [-0.3, -0.25) is 4.79 Å². The number of halogens is 1. The molecular weight excluding hydrogens is 262 g/mol. The Hall–Kier alpha value is -0.790. The van der Waals surface area contributed by atoms with E-state index in [9.17, 15) is 4.79 Å². The van der Waals surface area contributed by atoms with Crippen molar-refractivity contribution in [2.45, 2.75) is 19.4 Å². The standard InChI is InChI=1S/C10H10BrNOS/c1-3-4-7(2)12-10(13)8-5-6-9(11)14-8/h1,5-7H,4H2,2H3,(H,12,13). The van der Waals surface area contributed by atoms with Crippen LogP contribution in [0.4, 0.5) is 0 Å². The van der Waals surface area contributed by atoms with Crippen molar-refractivity contribution in [1.29, 1.82) is 0 Å². The molecule has 0 saturated heterocycles. The molecule has 1 N–H and O–H groups in total. The molecule has 0 aliphatic carbocycles. The number of carbonyl (C=O) groups excluding carboxylic acids is 1. The lowest BCUT2D eigenvalue weighted by atomic mass is 10.2. The first-order valence-electron chi connectivity index (χ1n) is 4.13. The van der Waals surface area contributed by atoms with E-state index >= 15 is 0 Å². The highest BCUT2D eigenvalue weighted by Gasteiger charge is 2.10. The SMILES string of the molecule is C#CCC(C)NC(=O)c1ccc(Br)s1. The smallest absolute Gasteiger partial charge is 0.261 e. The van der Waals surface area contributed by atoms with Crippen molar-refractivity contribution in [2.24, 2.45) is 0 Å². The van der Waals surface area contributed by atoms with Gasteiger partial charge in [0.05, 0.1) is 8.66 Å². The summed E-state index contributed by atoms with van der Waals surface area (Å²) in [5, 5.41) is 2.82. The Morgan fingerprint density at radius 3 is 3.00 bits per heavy atom. The van der Waals surface area contributed by atoms with Crippen LogP contribution in [0.1, 0.15) is 23.0 Å². The van der Waals surface area contributed by atoms with Gasteiger partial charge in [-0.15, -0.1) is 23.7 Å².